The molecule has 3 saturated heterocycles. The van der Waals surface area contributed by atoms with Crippen molar-refractivity contribution in [1.29, 1.82) is 0 Å². The Morgan fingerprint density at radius 3 is 1.19 bits per heavy atom. The molecule has 6 N–H and O–H groups in total. The van der Waals surface area contributed by atoms with E-state index in [0.29, 0.717) is 60.8 Å². The number of rotatable bonds is 23. The second-order valence-electron chi connectivity index (χ2n) is 30.1. The lowest BCUT2D eigenvalue weighted by molar-refractivity contribution is -0.138. The van der Waals surface area contributed by atoms with Gasteiger partial charge in [-0.05, 0) is 187 Å². The highest BCUT2D eigenvalue weighted by Crippen LogP contribution is 2.36. The number of benzene rings is 9. The van der Waals surface area contributed by atoms with Crippen LogP contribution in [0.25, 0.3) is 50.8 Å². The molecule has 0 bridgehead atoms. The quantitative estimate of drug-likeness (QED) is 0.0326. The maximum Gasteiger partial charge on any atom is 0.416 e. The first kappa shape index (κ1) is 84.8. The number of halogens is 5. The van der Waals surface area contributed by atoms with E-state index in [1.807, 2.05) is 162 Å². The van der Waals surface area contributed by atoms with E-state index >= 15 is 0 Å². The number of furan rings is 1. The first-order valence-electron chi connectivity index (χ1n) is 40.7. The van der Waals surface area contributed by atoms with Crippen LogP contribution in [0.5, 0.6) is 0 Å². The van der Waals surface area contributed by atoms with E-state index in [0.717, 1.165) is 162 Å². The van der Waals surface area contributed by atoms with Crippen LogP contribution in [0.4, 0.5) is 86.6 Å². The van der Waals surface area contributed by atoms with Gasteiger partial charge < -0.3 is 55.6 Å². The molecule has 124 heavy (non-hydrogen) atoms. The second kappa shape index (κ2) is 40.0. The Kier molecular flexibility index (Phi) is 27.4. The Morgan fingerprint density at radius 2 is 0.798 bits per heavy atom. The van der Waals surface area contributed by atoms with Crippen LogP contribution in [0.3, 0.4) is 0 Å². The van der Waals surface area contributed by atoms with Gasteiger partial charge in [-0.15, -0.1) is 0 Å². The monoisotopic (exact) mass is 1690 g/mol. The normalized spacial score (nSPS) is 13.8. The molecule has 5 aromatic heterocycles. The fourth-order valence-electron chi connectivity index (χ4n) is 14.8. The molecular formula is C95H91ClF4N20O4. The fourth-order valence-corrected chi connectivity index (χ4v) is 15.0. The second-order valence-corrected chi connectivity index (χ2v) is 30.5. The summed E-state index contributed by atoms with van der Waals surface area (Å²) in [7, 11) is 0. The van der Waals surface area contributed by atoms with Gasteiger partial charge in [-0.3, -0.25) is 29.1 Å². The number of amides is 3. The van der Waals surface area contributed by atoms with E-state index in [4.69, 9.17) is 16.0 Å². The summed E-state index contributed by atoms with van der Waals surface area (Å²) in [5.41, 5.74) is 16.0. The Balaban J connectivity index is 0.000000144. The third-order valence-electron chi connectivity index (χ3n) is 21.1. The van der Waals surface area contributed by atoms with Crippen LogP contribution < -0.4 is 46.6 Å². The molecule has 3 aliphatic heterocycles. The number of hydrogen-bond donors (Lipinski definition) is 6. The van der Waals surface area contributed by atoms with Gasteiger partial charge in [-0.1, -0.05) is 78.3 Å². The molecule has 9 aromatic carbocycles. The number of nitrogens with one attached hydrogen (secondary N) is 6. The van der Waals surface area contributed by atoms with Crippen LogP contribution in [0.2, 0.25) is 5.02 Å². The van der Waals surface area contributed by atoms with E-state index < -0.39 is 17.6 Å². The first-order chi connectivity index (χ1) is 60.2. The van der Waals surface area contributed by atoms with E-state index in [1.165, 1.54) is 43.8 Å². The minimum absolute atomic E-state index is 0.0797. The highest BCUT2D eigenvalue weighted by atomic mass is 35.5. The number of aromatic nitrogens is 8. The Bertz CT molecular complexity index is 5890. The maximum absolute atomic E-state index is 13.4. The van der Waals surface area contributed by atoms with Gasteiger partial charge in [0.2, 0.25) is 35.6 Å². The molecule has 0 spiro atoms. The molecule has 8 heterocycles. The predicted octanol–water partition coefficient (Wildman–Crippen LogP) is 18.8. The number of carbonyl (C=O) groups excluding carboxylic acids is 3. The third kappa shape index (κ3) is 23.5. The minimum Gasteiger partial charge on any atom is -0.460 e. The molecule has 0 atom stereocenters. The lowest BCUT2D eigenvalue weighted by atomic mass is 10.1. The van der Waals surface area contributed by atoms with Gasteiger partial charge in [-0.2, -0.15) is 13.2 Å². The van der Waals surface area contributed by atoms with Gasteiger partial charge in [0, 0.05) is 228 Å². The van der Waals surface area contributed by atoms with Crippen molar-refractivity contribution in [2.75, 3.05) is 125 Å². The largest absolute Gasteiger partial charge is 0.460 e. The Hall–Kier alpha value is -14.2. The lowest BCUT2D eigenvalue weighted by Crippen LogP contribution is -2.46. The Morgan fingerprint density at radius 1 is 0.403 bits per heavy atom. The van der Waals surface area contributed by atoms with Gasteiger partial charge in [0.1, 0.15) is 17.3 Å². The summed E-state index contributed by atoms with van der Waals surface area (Å²) in [5, 5.41) is 18.8. The van der Waals surface area contributed by atoms with Crippen molar-refractivity contribution >= 4 is 98.4 Å². The van der Waals surface area contributed by atoms with Crippen LogP contribution in [-0.2, 0) is 40.2 Å². The molecule has 29 heteroatoms. The highest BCUT2D eigenvalue weighted by molar-refractivity contribution is 6.30. The van der Waals surface area contributed by atoms with Crippen molar-refractivity contribution < 1.29 is 36.4 Å². The SMILES string of the molecule is CC(=O)Nc1ccc(-c2ccnc(Nc3ccc(N4CCN(Cc5ccc(-c6cccc(Cl)c6)o5)CC4)cc3)n2)cc1.CC(=O)Nc1ccc(-c2ccnc(Nc3ccc(N4CCN(Cc5ccc(-n6ccnc6)cc5)CC4)cc3)n2)cc1.CC(=O)Nc1ccc(-c2ccnc(Nc3ccc(N4CCN(Cc5ccc(F)cc5C(F)(F)F)CC4)cc3)n2)cc1. The molecule has 0 unspecified atom stereocenters. The number of carbonyl (C=O) groups is 3. The number of alkyl halides is 3. The van der Waals surface area contributed by atoms with E-state index in [-0.39, 0.29) is 29.8 Å². The predicted molar refractivity (Wildman–Crippen MR) is 481 cm³/mol. The molecule has 630 valence electrons. The van der Waals surface area contributed by atoms with Crippen molar-refractivity contribution in [2.24, 2.45) is 0 Å². The van der Waals surface area contributed by atoms with Crippen molar-refractivity contribution in [1.82, 2.24) is 54.2 Å². The molecule has 0 aliphatic carbocycles. The molecule has 0 saturated carbocycles. The van der Waals surface area contributed by atoms with Gasteiger partial charge in [0.05, 0.1) is 35.5 Å². The van der Waals surface area contributed by atoms with E-state index in [1.54, 1.807) is 30.9 Å². The van der Waals surface area contributed by atoms with Crippen molar-refractivity contribution in [2.45, 2.75) is 46.6 Å². The van der Waals surface area contributed by atoms with E-state index in [9.17, 15) is 31.9 Å². The summed E-state index contributed by atoms with van der Waals surface area (Å²) in [6.45, 7) is 16.6. The summed E-state index contributed by atoms with van der Waals surface area (Å²) in [5.74, 6) is 2.08. The zero-order valence-corrected chi connectivity index (χ0v) is 69.2. The van der Waals surface area contributed by atoms with Crippen LogP contribution >= 0.6 is 11.6 Å². The topological polar surface area (TPSA) is 251 Å². The number of hydrogen-bond acceptors (Lipinski definition) is 20. The van der Waals surface area contributed by atoms with Gasteiger partial charge >= 0.3 is 6.18 Å². The average molecular weight is 1690 g/mol. The molecule has 0 radical (unpaired) electrons. The molecule has 3 amide bonds. The lowest BCUT2D eigenvalue weighted by Gasteiger charge is -2.36. The van der Waals surface area contributed by atoms with Gasteiger partial charge in [-0.25, -0.2) is 39.3 Å². The van der Waals surface area contributed by atoms with Crippen molar-refractivity contribution in [3.8, 4) is 50.8 Å². The summed E-state index contributed by atoms with van der Waals surface area (Å²) in [4.78, 5) is 78.8. The van der Waals surface area contributed by atoms with Crippen LogP contribution in [-0.4, -0.2) is 150 Å². The van der Waals surface area contributed by atoms with Crippen molar-refractivity contribution in [3.63, 3.8) is 0 Å². The molecule has 3 aliphatic rings. The third-order valence-corrected chi connectivity index (χ3v) is 21.4. The number of anilines is 12. The molecule has 24 nitrogen and oxygen atoms in total. The molecule has 3 fully saturated rings. The smallest absolute Gasteiger partial charge is 0.416 e. The summed E-state index contributed by atoms with van der Waals surface area (Å²) >= 11 is 6.14. The zero-order valence-electron chi connectivity index (χ0n) is 68.4. The van der Waals surface area contributed by atoms with Gasteiger partial charge in [0.25, 0.3) is 0 Å². The minimum atomic E-state index is -4.60. The fraction of sp³-hybridized carbons (Fsp3) is 0.200. The number of piperazine rings is 3. The van der Waals surface area contributed by atoms with Crippen LogP contribution in [0.1, 0.15) is 43.2 Å². The molecule has 17 rings (SSSR count). The Labute approximate surface area is 720 Å². The van der Waals surface area contributed by atoms with Crippen LogP contribution in [0, 0.1) is 5.82 Å². The van der Waals surface area contributed by atoms with Gasteiger partial charge in [0.15, 0.2) is 0 Å². The van der Waals surface area contributed by atoms with E-state index in [2.05, 4.69) is 170 Å². The summed E-state index contributed by atoms with van der Waals surface area (Å²) in [6, 6.07) is 76.1. The standard InChI is InChI=1S/C33H31ClN6O2.C32H32N8O.C30H28F4N6O/c1-23(41)36-27-7-5-24(6-8-27)31-15-16-35-33(38-31)37-28-9-11-29(12-10-28)40-19-17-39(18-20-40)22-30-13-14-32(42-30)25-3-2-4-26(34)21-25;1-24(41)35-27-6-4-26(5-7-27)31-14-15-34-32(37-31)36-28-8-12-29(13-9-28)39-20-18-38(19-21-39)22-25-2-10-30(11-3-25)40-17-16-33-23-40;1-20(41)36-24-6-3-21(4-7-24)28-12-13-35-29(38-28)37-25-8-10-26(11-9-25)40-16-14-39(15-17-40)19-22-2-5-23(31)18-27(22)30(32,33)34/h2-16,21H,17-20,22H2,1H3,(H,36,41)(H,35,37,38);2-17,23H,18-22H2,1H3,(H,35,41)(H,34,36,37);2-13,18H,14-17,19H2,1H3,(H,36,41)(H,35,37,38). The van der Waals surface area contributed by atoms with Crippen molar-refractivity contribution in [3.05, 3.63) is 313 Å². The average Bonchev–Trinajstić information content (AvgIpc) is 1.13. The first-order valence-corrected chi connectivity index (χ1v) is 41.0. The summed E-state index contributed by atoms with van der Waals surface area (Å²) < 4.78 is 61.7. The molecule has 14 aromatic rings. The maximum atomic E-state index is 13.4. The zero-order chi connectivity index (χ0) is 85.9. The van der Waals surface area contributed by atoms with Crippen LogP contribution in [0.15, 0.2) is 284 Å². The number of nitrogens with zero attached hydrogens (tertiary/aromatic N) is 14. The summed E-state index contributed by atoms with van der Waals surface area (Å²) in [6.07, 6.45) is 6.13. The molecular weight excluding hydrogens is 1600 g/mol. The highest BCUT2D eigenvalue weighted by Gasteiger charge is 2.35. The number of imidazole rings is 1.